The summed E-state index contributed by atoms with van der Waals surface area (Å²) in [7, 11) is 1.51. The molecule has 0 bridgehead atoms. The number of ketones is 1. The van der Waals surface area contributed by atoms with Gasteiger partial charge in [0, 0.05) is 28.9 Å². The first-order valence-electron chi connectivity index (χ1n) is 8.23. The van der Waals surface area contributed by atoms with Gasteiger partial charge in [0.05, 0.1) is 12.8 Å². The minimum atomic E-state index is -0.422. The number of amides is 1. The predicted molar refractivity (Wildman–Crippen MR) is 97.9 cm³/mol. The number of Topliss-reactive ketones (excluding diaryl/α,β-unsaturated/α-hetero) is 1. The lowest BCUT2D eigenvalue weighted by molar-refractivity contribution is -0.114. The Balaban J connectivity index is 1.80. The summed E-state index contributed by atoms with van der Waals surface area (Å²) in [6.45, 7) is 1.80. The molecule has 0 radical (unpaired) electrons. The summed E-state index contributed by atoms with van der Waals surface area (Å²) in [5.74, 6) is -0.171. The van der Waals surface area contributed by atoms with Crippen molar-refractivity contribution in [3.63, 3.8) is 0 Å². The molecule has 6 heteroatoms. The van der Waals surface area contributed by atoms with Crippen LogP contribution in [0, 0.1) is 5.82 Å². The van der Waals surface area contributed by atoms with Crippen LogP contribution in [0.5, 0.6) is 5.75 Å². The number of hydrogen-bond donors (Lipinski definition) is 2. The van der Waals surface area contributed by atoms with Gasteiger partial charge in [-0.3, -0.25) is 9.59 Å². The van der Waals surface area contributed by atoms with Crippen LogP contribution in [0.15, 0.2) is 53.7 Å². The SMILES string of the molecule is COc1cc(C(=O)Nc2cccc(F)c2)ccc1NC1=C(C)C(=O)CC1. The number of methoxy groups -OCH3 is 1. The highest BCUT2D eigenvalue weighted by molar-refractivity contribution is 6.05. The molecular weight excluding hydrogens is 335 g/mol. The van der Waals surface area contributed by atoms with E-state index in [2.05, 4.69) is 10.6 Å². The number of ether oxygens (including phenoxy) is 1. The van der Waals surface area contributed by atoms with Gasteiger partial charge >= 0.3 is 0 Å². The molecule has 0 aliphatic heterocycles. The van der Waals surface area contributed by atoms with Gasteiger partial charge < -0.3 is 15.4 Å². The van der Waals surface area contributed by atoms with Gasteiger partial charge in [0.15, 0.2) is 5.78 Å². The zero-order valence-electron chi connectivity index (χ0n) is 14.6. The molecule has 0 spiro atoms. The lowest BCUT2D eigenvalue weighted by atomic mass is 10.1. The fourth-order valence-corrected chi connectivity index (χ4v) is 2.81. The van der Waals surface area contributed by atoms with Crippen LogP contribution in [-0.4, -0.2) is 18.8 Å². The second kappa shape index (κ2) is 7.39. The van der Waals surface area contributed by atoms with Crippen LogP contribution >= 0.6 is 0 Å². The van der Waals surface area contributed by atoms with E-state index in [9.17, 15) is 14.0 Å². The Morgan fingerprint density at radius 2 is 1.96 bits per heavy atom. The first kappa shape index (κ1) is 17.7. The van der Waals surface area contributed by atoms with E-state index in [4.69, 9.17) is 4.74 Å². The van der Waals surface area contributed by atoms with E-state index in [0.29, 0.717) is 35.5 Å². The molecule has 0 heterocycles. The Morgan fingerprint density at radius 3 is 2.62 bits per heavy atom. The molecule has 0 saturated carbocycles. The second-order valence-electron chi connectivity index (χ2n) is 6.03. The van der Waals surface area contributed by atoms with Crippen LogP contribution in [0.2, 0.25) is 0 Å². The molecule has 3 rings (SSSR count). The summed E-state index contributed by atoms with van der Waals surface area (Å²) < 4.78 is 18.6. The van der Waals surface area contributed by atoms with Gasteiger partial charge in [-0.05, 0) is 49.7 Å². The maximum atomic E-state index is 13.2. The van der Waals surface area contributed by atoms with Gasteiger partial charge in [0.2, 0.25) is 0 Å². The molecule has 0 saturated heterocycles. The number of nitrogens with one attached hydrogen (secondary N) is 2. The zero-order valence-corrected chi connectivity index (χ0v) is 14.6. The summed E-state index contributed by atoms with van der Waals surface area (Å²) in [6.07, 6.45) is 1.17. The van der Waals surface area contributed by atoms with Crippen molar-refractivity contribution in [1.82, 2.24) is 0 Å². The van der Waals surface area contributed by atoms with E-state index < -0.39 is 5.82 Å². The van der Waals surface area contributed by atoms with E-state index in [-0.39, 0.29) is 11.7 Å². The fourth-order valence-electron chi connectivity index (χ4n) is 2.81. The first-order valence-corrected chi connectivity index (χ1v) is 8.23. The quantitative estimate of drug-likeness (QED) is 0.847. The maximum Gasteiger partial charge on any atom is 0.255 e. The predicted octanol–water partition coefficient (Wildman–Crippen LogP) is 4.14. The van der Waals surface area contributed by atoms with E-state index in [0.717, 1.165) is 11.3 Å². The number of halogens is 1. The summed E-state index contributed by atoms with van der Waals surface area (Å²) in [6, 6.07) is 10.7. The Labute approximate surface area is 150 Å². The fraction of sp³-hybridized carbons (Fsp3) is 0.200. The second-order valence-corrected chi connectivity index (χ2v) is 6.03. The van der Waals surface area contributed by atoms with Crippen LogP contribution < -0.4 is 15.4 Å². The van der Waals surface area contributed by atoms with Gasteiger partial charge in [0.1, 0.15) is 11.6 Å². The van der Waals surface area contributed by atoms with Gasteiger partial charge in [-0.25, -0.2) is 4.39 Å². The molecule has 1 aliphatic rings. The van der Waals surface area contributed by atoms with Crippen molar-refractivity contribution in [2.45, 2.75) is 19.8 Å². The van der Waals surface area contributed by atoms with Gasteiger partial charge in [-0.2, -0.15) is 0 Å². The number of carbonyl (C=O) groups excluding carboxylic acids is 2. The molecule has 1 aliphatic carbocycles. The van der Waals surface area contributed by atoms with Crippen molar-refractivity contribution >= 4 is 23.1 Å². The molecule has 134 valence electrons. The molecular formula is C20H19FN2O3. The van der Waals surface area contributed by atoms with Gasteiger partial charge in [-0.15, -0.1) is 0 Å². The molecule has 0 atom stereocenters. The minimum Gasteiger partial charge on any atom is -0.495 e. The number of benzene rings is 2. The van der Waals surface area contributed by atoms with Crippen LogP contribution in [0.25, 0.3) is 0 Å². The first-order chi connectivity index (χ1) is 12.5. The van der Waals surface area contributed by atoms with Crippen molar-refractivity contribution in [3.05, 3.63) is 65.1 Å². The monoisotopic (exact) mass is 354 g/mol. The van der Waals surface area contributed by atoms with E-state index in [1.807, 2.05) is 0 Å². The Morgan fingerprint density at radius 1 is 1.15 bits per heavy atom. The molecule has 26 heavy (non-hydrogen) atoms. The highest BCUT2D eigenvalue weighted by Crippen LogP contribution is 2.31. The summed E-state index contributed by atoms with van der Waals surface area (Å²) in [4.78, 5) is 24.0. The Bertz CT molecular complexity index is 906. The third-order valence-corrected chi connectivity index (χ3v) is 4.30. The highest BCUT2D eigenvalue weighted by Gasteiger charge is 2.20. The number of carbonyl (C=O) groups is 2. The standard InChI is InChI=1S/C20H19FN2O3/c1-12-16(8-9-18(12)24)23-17-7-6-13(10-19(17)26-2)20(25)22-15-5-3-4-14(21)11-15/h3-7,10-11,23H,8-9H2,1-2H3,(H,22,25). The third-order valence-electron chi connectivity index (χ3n) is 4.30. The van der Waals surface area contributed by atoms with E-state index in [1.54, 1.807) is 31.2 Å². The van der Waals surface area contributed by atoms with Crippen molar-refractivity contribution < 1.29 is 18.7 Å². The average molecular weight is 354 g/mol. The Kier molecular flexibility index (Phi) is 5.02. The highest BCUT2D eigenvalue weighted by atomic mass is 19.1. The van der Waals surface area contributed by atoms with Gasteiger partial charge in [-0.1, -0.05) is 6.07 Å². The summed E-state index contributed by atoms with van der Waals surface area (Å²) >= 11 is 0. The number of hydrogen-bond acceptors (Lipinski definition) is 4. The molecule has 2 N–H and O–H groups in total. The average Bonchev–Trinajstić information content (AvgIpc) is 2.94. The van der Waals surface area contributed by atoms with E-state index >= 15 is 0 Å². The Hall–Kier alpha value is -3.15. The van der Waals surface area contributed by atoms with Crippen molar-refractivity contribution in [2.75, 3.05) is 17.7 Å². The van der Waals surface area contributed by atoms with Crippen LogP contribution in [0.3, 0.4) is 0 Å². The smallest absolute Gasteiger partial charge is 0.255 e. The molecule has 0 aromatic heterocycles. The van der Waals surface area contributed by atoms with Crippen LogP contribution in [0.4, 0.5) is 15.8 Å². The number of allylic oxidation sites excluding steroid dienone is 2. The van der Waals surface area contributed by atoms with E-state index in [1.165, 1.54) is 25.3 Å². The van der Waals surface area contributed by atoms with Crippen LogP contribution in [-0.2, 0) is 4.79 Å². The maximum absolute atomic E-state index is 13.2. The zero-order chi connectivity index (χ0) is 18.7. The lowest BCUT2D eigenvalue weighted by Crippen LogP contribution is -2.12. The lowest BCUT2D eigenvalue weighted by Gasteiger charge is -2.14. The molecule has 2 aromatic carbocycles. The summed E-state index contributed by atoms with van der Waals surface area (Å²) in [5.41, 5.74) is 3.02. The molecule has 0 fully saturated rings. The third kappa shape index (κ3) is 3.74. The molecule has 1 amide bonds. The number of rotatable bonds is 5. The summed E-state index contributed by atoms with van der Waals surface area (Å²) in [5, 5.41) is 5.86. The molecule has 5 nitrogen and oxygen atoms in total. The molecule has 2 aromatic rings. The van der Waals surface area contributed by atoms with Crippen molar-refractivity contribution in [1.29, 1.82) is 0 Å². The van der Waals surface area contributed by atoms with Crippen molar-refractivity contribution in [3.8, 4) is 5.75 Å². The largest absolute Gasteiger partial charge is 0.495 e. The van der Waals surface area contributed by atoms with Crippen molar-refractivity contribution in [2.24, 2.45) is 0 Å². The number of anilines is 2. The molecule has 0 unspecified atom stereocenters. The topological polar surface area (TPSA) is 67.4 Å². The normalized spacial score (nSPS) is 13.7. The van der Waals surface area contributed by atoms with Gasteiger partial charge in [0.25, 0.3) is 5.91 Å². The van der Waals surface area contributed by atoms with Crippen LogP contribution in [0.1, 0.15) is 30.1 Å². The minimum absolute atomic E-state index is 0.137.